The number of epoxide rings is 1. The van der Waals surface area contributed by atoms with Crippen molar-refractivity contribution < 1.29 is 67.4 Å². The number of rotatable bonds is 5. The van der Waals surface area contributed by atoms with E-state index in [2.05, 4.69) is 0 Å². The standard InChI is InChI=1S/C38H50O14/c1-13(2)33(44)52-29-21-23-27(43)25-22(14(3)11-20-37(25,9)38(10,46)34(45)51-20)36(23,8)32(49-17(6)41)30(47-15(4)39)24(21)35(7)18(26(29)42)12-19-28(50-19)31(35)48-16(5)40/h11,13-14,18-19,21-25,27-32,43,46H,12H2,1-10H3/t14-,18-,19+,21+,22+,23-,24-,25+,27-,28+,29-,30+,31+,32+,35+,36-,37+,38-/m1/s1. The SMILES string of the molecule is CC(=O)O[C@H]1[C@H]2[C@H]([C@@H]3[C@@H](O)[C@@H]4[C@H]([C@H](C)C=C5OC(=O)[C@@](C)(O)[C@@]54C)[C@@]3(C)[C@H]1OC(C)=O)[C@@H](OC(=O)C(C)C)C(=O)[C@H]1C[C@@H]3O[C@@H]3[C@H](OC(C)=O)[C@]21C. The van der Waals surface area contributed by atoms with Crippen LogP contribution in [0.1, 0.15) is 75.7 Å². The molecule has 2 saturated heterocycles. The van der Waals surface area contributed by atoms with Crippen LogP contribution in [-0.4, -0.2) is 94.2 Å². The third-order valence-corrected chi connectivity index (χ3v) is 14.5. The van der Waals surface area contributed by atoms with Crippen LogP contribution in [0, 0.1) is 63.6 Å². The van der Waals surface area contributed by atoms with Crippen molar-refractivity contribution in [3.63, 3.8) is 0 Å². The average Bonchev–Trinajstić information content (AvgIpc) is 3.72. The maximum absolute atomic E-state index is 15.1. The molecule has 2 heterocycles. The van der Waals surface area contributed by atoms with E-state index in [1.807, 2.05) is 13.8 Å². The minimum Gasteiger partial charge on any atom is -0.459 e. The second-order valence-corrected chi connectivity index (χ2v) is 17.4. The van der Waals surface area contributed by atoms with E-state index in [1.165, 1.54) is 27.7 Å². The van der Waals surface area contributed by atoms with Crippen molar-refractivity contribution in [1.29, 1.82) is 0 Å². The summed E-state index contributed by atoms with van der Waals surface area (Å²) in [6, 6.07) is 0. The van der Waals surface area contributed by atoms with Crippen LogP contribution in [0.25, 0.3) is 0 Å². The predicted molar refractivity (Wildman–Crippen MR) is 175 cm³/mol. The van der Waals surface area contributed by atoms with Crippen LogP contribution in [0.2, 0.25) is 0 Å². The van der Waals surface area contributed by atoms with Gasteiger partial charge in [-0.1, -0.05) is 34.6 Å². The number of fused-ring (bicyclic) bond motifs is 10. The van der Waals surface area contributed by atoms with E-state index in [-0.39, 0.29) is 12.2 Å². The molecule has 0 bridgehead atoms. The van der Waals surface area contributed by atoms with Gasteiger partial charge in [0.15, 0.2) is 17.5 Å². The molecule has 52 heavy (non-hydrogen) atoms. The number of esters is 5. The maximum Gasteiger partial charge on any atom is 0.343 e. The van der Waals surface area contributed by atoms with E-state index < -0.39 is 148 Å². The Morgan fingerprint density at radius 2 is 1.44 bits per heavy atom. The van der Waals surface area contributed by atoms with Crippen LogP contribution in [0.5, 0.6) is 0 Å². The monoisotopic (exact) mass is 730 g/mol. The minimum atomic E-state index is -2.09. The van der Waals surface area contributed by atoms with Crippen molar-refractivity contribution in [3.05, 3.63) is 11.8 Å². The Hall–Kier alpha value is -3.36. The van der Waals surface area contributed by atoms with Crippen molar-refractivity contribution in [2.24, 2.45) is 63.6 Å². The molecule has 0 spiro atoms. The van der Waals surface area contributed by atoms with Crippen LogP contribution in [0.15, 0.2) is 11.8 Å². The largest absolute Gasteiger partial charge is 0.459 e. The molecular formula is C38H50O14. The fourth-order valence-corrected chi connectivity index (χ4v) is 12.3. The van der Waals surface area contributed by atoms with Crippen LogP contribution in [0.3, 0.4) is 0 Å². The van der Waals surface area contributed by atoms with Crippen molar-refractivity contribution in [2.75, 3.05) is 0 Å². The third kappa shape index (κ3) is 4.58. The lowest BCUT2D eigenvalue weighted by atomic mass is 9.41. The molecule has 6 fully saturated rings. The van der Waals surface area contributed by atoms with E-state index in [0.717, 1.165) is 0 Å². The predicted octanol–water partition coefficient (Wildman–Crippen LogP) is 2.05. The molecule has 2 N–H and O–H groups in total. The van der Waals surface area contributed by atoms with E-state index in [0.29, 0.717) is 0 Å². The Labute approximate surface area is 302 Å². The van der Waals surface area contributed by atoms with Crippen molar-refractivity contribution >= 4 is 35.6 Å². The molecule has 286 valence electrons. The molecule has 18 atom stereocenters. The summed E-state index contributed by atoms with van der Waals surface area (Å²) in [5.74, 6) is -10.5. The number of allylic oxidation sites excluding steroid dienone is 1. The van der Waals surface area contributed by atoms with Gasteiger partial charge in [0.1, 0.15) is 30.2 Å². The van der Waals surface area contributed by atoms with Gasteiger partial charge < -0.3 is 38.6 Å². The van der Waals surface area contributed by atoms with Gasteiger partial charge in [0, 0.05) is 61.2 Å². The second-order valence-electron chi connectivity index (χ2n) is 17.4. The molecule has 2 aliphatic heterocycles. The van der Waals surface area contributed by atoms with Gasteiger partial charge in [-0.3, -0.25) is 24.0 Å². The first-order valence-corrected chi connectivity index (χ1v) is 18.3. The summed E-state index contributed by atoms with van der Waals surface area (Å²) in [5, 5.41) is 24.8. The van der Waals surface area contributed by atoms with Gasteiger partial charge in [0.05, 0.1) is 23.5 Å². The molecule has 4 saturated carbocycles. The molecule has 14 nitrogen and oxygen atoms in total. The molecule has 0 aromatic rings. The Morgan fingerprint density at radius 3 is 2.02 bits per heavy atom. The first kappa shape index (κ1) is 37.0. The molecule has 7 rings (SSSR count). The highest BCUT2D eigenvalue weighted by molar-refractivity contribution is 5.91. The number of carbonyl (C=O) groups excluding carboxylic acids is 6. The lowest BCUT2D eigenvalue weighted by Gasteiger charge is -2.65. The molecule has 0 unspecified atom stereocenters. The lowest BCUT2D eigenvalue weighted by Crippen LogP contribution is -2.75. The summed E-state index contributed by atoms with van der Waals surface area (Å²) in [4.78, 5) is 80.9. The van der Waals surface area contributed by atoms with Crippen molar-refractivity contribution in [1.82, 2.24) is 0 Å². The summed E-state index contributed by atoms with van der Waals surface area (Å²) in [5.41, 5.74) is -6.25. The van der Waals surface area contributed by atoms with E-state index >= 15 is 4.79 Å². The summed E-state index contributed by atoms with van der Waals surface area (Å²) < 4.78 is 36.3. The highest BCUT2D eigenvalue weighted by Gasteiger charge is 2.83. The Morgan fingerprint density at radius 1 is 0.846 bits per heavy atom. The number of hydrogen-bond donors (Lipinski definition) is 2. The van der Waals surface area contributed by atoms with Crippen molar-refractivity contribution in [2.45, 2.75) is 124 Å². The van der Waals surface area contributed by atoms with Crippen LogP contribution in [-0.2, 0) is 57.2 Å². The molecule has 0 aromatic carbocycles. The Kier molecular flexibility index (Phi) is 8.23. The van der Waals surface area contributed by atoms with E-state index in [1.54, 1.807) is 33.8 Å². The maximum atomic E-state index is 15.1. The number of carbonyl (C=O) groups is 6. The molecule has 5 aliphatic carbocycles. The smallest absolute Gasteiger partial charge is 0.343 e. The normalized spacial score (nSPS) is 50.9. The zero-order valence-electron chi connectivity index (χ0n) is 31.2. The van der Waals surface area contributed by atoms with Crippen LogP contribution in [0.4, 0.5) is 0 Å². The second kappa shape index (κ2) is 11.6. The topological polar surface area (TPSA) is 202 Å². The number of aliphatic hydroxyl groups is 2. The third-order valence-electron chi connectivity index (χ3n) is 14.5. The van der Waals surface area contributed by atoms with Gasteiger partial charge in [-0.15, -0.1) is 0 Å². The number of ether oxygens (including phenoxy) is 6. The molecule has 14 heteroatoms. The van der Waals surface area contributed by atoms with Crippen molar-refractivity contribution in [3.8, 4) is 0 Å². The zero-order chi connectivity index (χ0) is 38.4. The molecule has 7 aliphatic rings. The highest BCUT2D eigenvalue weighted by Crippen LogP contribution is 2.75. The first-order chi connectivity index (χ1) is 24.1. The quantitative estimate of drug-likeness (QED) is 0.236. The number of aliphatic hydroxyl groups excluding tert-OH is 1. The zero-order valence-corrected chi connectivity index (χ0v) is 31.2. The first-order valence-electron chi connectivity index (χ1n) is 18.3. The summed E-state index contributed by atoms with van der Waals surface area (Å²) in [7, 11) is 0. The summed E-state index contributed by atoms with van der Waals surface area (Å²) in [6.07, 6.45) is -5.48. The van der Waals surface area contributed by atoms with Gasteiger partial charge in [0.2, 0.25) is 0 Å². The van der Waals surface area contributed by atoms with E-state index in [9.17, 15) is 34.2 Å². The fourth-order valence-electron chi connectivity index (χ4n) is 12.3. The minimum absolute atomic E-state index is 0.198. The molecule has 0 radical (unpaired) electrons. The summed E-state index contributed by atoms with van der Waals surface area (Å²) >= 11 is 0. The van der Waals surface area contributed by atoms with E-state index in [4.69, 9.17) is 28.4 Å². The number of hydrogen-bond acceptors (Lipinski definition) is 14. The molecule has 0 amide bonds. The van der Waals surface area contributed by atoms with Crippen LogP contribution < -0.4 is 0 Å². The number of ketones is 1. The van der Waals surface area contributed by atoms with Gasteiger partial charge in [-0.2, -0.15) is 0 Å². The number of Topliss-reactive ketones (excluding diaryl/α,β-unsaturated/α-hetero) is 1. The lowest BCUT2D eigenvalue weighted by molar-refractivity contribution is -0.274. The Bertz CT molecular complexity index is 1670. The average molecular weight is 731 g/mol. The Balaban J connectivity index is 1.53. The highest BCUT2D eigenvalue weighted by atomic mass is 16.6. The molecule has 0 aromatic heterocycles. The molecular weight excluding hydrogens is 680 g/mol. The van der Waals surface area contributed by atoms with Gasteiger partial charge in [0.25, 0.3) is 0 Å². The van der Waals surface area contributed by atoms with Gasteiger partial charge >= 0.3 is 29.8 Å². The van der Waals surface area contributed by atoms with Gasteiger partial charge in [-0.25, -0.2) is 4.79 Å². The summed E-state index contributed by atoms with van der Waals surface area (Å²) in [6.45, 7) is 15.4. The van der Waals surface area contributed by atoms with Crippen LogP contribution >= 0.6 is 0 Å². The fraction of sp³-hybridized carbons (Fsp3) is 0.789. The van der Waals surface area contributed by atoms with Gasteiger partial charge in [-0.05, 0) is 38.2 Å².